The van der Waals surface area contributed by atoms with Crippen LogP contribution in [0.2, 0.25) is 0 Å². The molecule has 0 spiro atoms. The molecular weight excluding hydrogens is 406 g/mol. The molecule has 3 rings (SSSR count). The van der Waals surface area contributed by atoms with Gasteiger partial charge in [0.05, 0.1) is 25.0 Å². The second-order valence-electron chi connectivity index (χ2n) is 9.89. The van der Waals surface area contributed by atoms with Gasteiger partial charge in [0, 0.05) is 25.7 Å². The third-order valence-electron chi connectivity index (χ3n) is 7.44. The molecule has 3 aliphatic rings. The molecule has 4 atom stereocenters. The summed E-state index contributed by atoms with van der Waals surface area (Å²) in [6, 6.07) is -0.498. The molecule has 0 radical (unpaired) electrons. The third kappa shape index (κ3) is 5.42. The number of fused-ring (bicyclic) bond motifs is 1. The van der Waals surface area contributed by atoms with E-state index in [-0.39, 0.29) is 41.5 Å². The highest BCUT2D eigenvalue weighted by atomic mass is 16.5. The third-order valence-corrected chi connectivity index (χ3v) is 7.44. The fraction of sp³-hybridized carbons (Fsp3) is 0.800. The minimum absolute atomic E-state index is 0.171. The van der Waals surface area contributed by atoms with Gasteiger partial charge in [-0.05, 0) is 31.1 Å². The minimum Gasteiger partial charge on any atom is -0.379 e. The average Bonchev–Trinajstić information content (AvgIpc) is 3.05. The van der Waals surface area contributed by atoms with Crippen LogP contribution < -0.4 is 5.32 Å². The first-order valence-electron chi connectivity index (χ1n) is 12.5. The number of hydrogen-bond acceptors (Lipinski definition) is 5. The fourth-order valence-electron chi connectivity index (χ4n) is 5.57. The average molecular weight is 448 g/mol. The first kappa shape index (κ1) is 24.9. The Morgan fingerprint density at radius 2 is 1.62 bits per heavy atom. The van der Waals surface area contributed by atoms with Crippen LogP contribution in [-0.2, 0) is 19.1 Å². The highest BCUT2D eigenvalue weighted by Crippen LogP contribution is 2.37. The van der Waals surface area contributed by atoms with E-state index in [1.807, 2.05) is 26.0 Å². The lowest BCUT2D eigenvalue weighted by atomic mass is 9.85. The fourth-order valence-corrected chi connectivity index (χ4v) is 5.57. The van der Waals surface area contributed by atoms with E-state index in [9.17, 15) is 14.4 Å². The van der Waals surface area contributed by atoms with Gasteiger partial charge in [0.25, 0.3) is 0 Å². The highest BCUT2D eigenvalue weighted by molar-refractivity contribution is 6.08. The van der Waals surface area contributed by atoms with E-state index in [2.05, 4.69) is 24.1 Å². The number of nitrogens with one attached hydrogen (secondary N) is 1. The number of rotatable bonds is 10. The second kappa shape index (κ2) is 11.4. The van der Waals surface area contributed by atoms with E-state index in [4.69, 9.17) is 4.74 Å². The summed E-state index contributed by atoms with van der Waals surface area (Å²) >= 11 is 0. The van der Waals surface area contributed by atoms with Crippen LogP contribution in [-0.4, -0.2) is 72.5 Å². The number of imide groups is 1. The second-order valence-corrected chi connectivity index (χ2v) is 9.89. The van der Waals surface area contributed by atoms with Gasteiger partial charge in [-0.1, -0.05) is 52.7 Å². The zero-order chi connectivity index (χ0) is 23.3. The number of ether oxygens (including phenoxy) is 1. The largest absolute Gasteiger partial charge is 0.379 e. The number of carbonyl (C=O) groups is 3. The van der Waals surface area contributed by atoms with E-state index in [1.165, 1.54) is 4.90 Å². The quantitative estimate of drug-likeness (QED) is 0.411. The van der Waals surface area contributed by atoms with E-state index in [0.717, 1.165) is 25.9 Å². The van der Waals surface area contributed by atoms with Crippen LogP contribution in [0, 0.1) is 23.7 Å². The maximum Gasteiger partial charge on any atom is 0.243 e. The van der Waals surface area contributed by atoms with Crippen molar-refractivity contribution in [3.63, 3.8) is 0 Å². The smallest absolute Gasteiger partial charge is 0.243 e. The van der Waals surface area contributed by atoms with Crippen LogP contribution in [0.15, 0.2) is 12.2 Å². The van der Waals surface area contributed by atoms with Crippen LogP contribution in [0.3, 0.4) is 0 Å². The van der Waals surface area contributed by atoms with Crippen LogP contribution in [0.4, 0.5) is 0 Å². The number of likely N-dealkylation sites (tertiary alicyclic amines) is 1. The summed E-state index contributed by atoms with van der Waals surface area (Å²) in [5.41, 5.74) is 0. The van der Waals surface area contributed by atoms with E-state index >= 15 is 0 Å². The number of allylic oxidation sites excluding steroid dienone is 2. The van der Waals surface area contributed by atoms with Crippen molar-refractivity contribution < 1.29 is 19.1 Å². The molecule has 1 aliphatic carbocycles. The normalized spacial score (nSPS) is 26.0. The molecule has 32 heavy (non-hydrogen) atoms. The molecular formula is C25H41N3O4. The lowest BCUT2D eigenvalue weighted by Gasteiger charge is -2.39. The van der Waals surface area contributed by atoms with Crippen molar-refractivity contribution in [1.82, 2.24) is 15.1 Å². The van der Waals surface area contributed by atoms with Gasteiger partial charge in [0.15, 0.2) is 0 Å². The van der Waals surface area contributed by atoms with Gasteiger partial charge in [0.2, 0.25) is 17.7 Å². The summed E-state index contributed by atoms with van der Waals surface area (Å²) in [6.45, 7) is 12.1. The monoisotopic (exact) mass is 447 g/mol. The van der Waals surface area contributed by atoms with Gasteiger partial charge < -0.3 is 10.1 Å². The highest BCUT2D eigenvalue weighted by Gasteiger charge is 2.51. The molecule has 7 heteroatoms. The van der Waals surface area contributed by atoms with Gasteiger partial charge in [-0.15, -0.1) is 0 Å². The number of amides is 3. The SMILES string of the molecule is CCC(CC)[C@H](CNC(=O)[C@H](CC(C)C)N1C(=O)[C@@H]2CC=CC[C@H]2C1=O)N1CCOCC1. The molecule has 180 valence electrons. The van der Waals surface area contributed by atoms with Crippen molar-refractivity contribution in [3.8, 4) is 0 Å². The number of nitrogens with zero attached hydrogens (tertiary/aromatic N) is 2. The van der Waals surface area contributed by atoms with Crippen molar-refractivity contribution in [1.29, 1.82) is 0 Å². The Labute approximate surface area is 192 Å². The molecule has 0 saturated carbocycles. The first-order chi connectivity index (χ1) is 15.4. The summed E-state index contributed by atoms with van der Waals surface area (Å²) in [7, 11) is 0. The van der Waals surface area contributed by atoms with Gasteiger partial charge in [-0.3, -0.25) is 24.2 Å². The molecule has 2 aliphatic heterocycles. The summed E-state index contributed by atoms with van der Waals surface area (Å²) in [6.07, 6.45) is 7.73. The topological polar surface area (TPSA) is 79.0 Å². The Morgan fingerprint density at radius 3 is 2.12 bits per heavy atom. The van der Waals surface area contributed by atoms with Gasteiger partial charge in [0.1, 0.15) is 6.04 Å². The Morgan fingerprint density at radius 1 is 1.06 bits per heavy atom. The van der Waals surface area contributed by atoms with Crippen molar-refractivity contribution in [3.05, 3.63) is 12.2 Å². The molecule has 0 unspecified atom stereocenters. The minimum atomic E-state index is -0.729. The Bertz CT molecular complexity index is 671. The molecule has 0 aromatic heterocycles. The zero-order valence-electron chi connectivity index (χ0n) is 20.2. The predicted molar refractivity (Wildman–Crippen MR) is 124 cm³/mol. The molecule has 7 nitrogen and oxygen atoms in total. The standard InChI is InChI=1S/C25H41N3O4/c1-5-18(6-2)22(27-11-13-32-14-12-27)16-26-23(29)21(15-17(3)4)28-24(30)19-9-7-8-10-20(19)25(28)31/h7-8,17-22H,5-6,9-16H2,1-4H3,(H,26,29)/t19-,20-,21+,22+/m1/s1. The van der Waals surface area contributed by atoms with Crippen molar-refractivity contribution in [2.75, 3.05) is 32.8 Å². The molecule has 1 N–H and O–H groups in total. The summed E-state index contributed by atoms with van der Waals surface area (Å²) in [4.78, 5) is 43.4. The Hall–Kier alpha value is -1.73. The maximum atomic E-state index is 13.4. The van der Waals surface area contributed by atoms with E-state index in [1.54, 1.807) is 0 Å². The van der Waals surface area contributed by atoms with E-state index < -0.39 is 6.04 Å². The molecule has 3 amide bonds. The number of carbonyl (C=O) groups excluding carboxylic acids is 3. The number of hydrogen-bond donors (Lipinski definition) is 1. The maximum absolute atomic E-state index is 13.4. The van der Waals surface area contributed by atoms with Crippen LogP contribution in [0.25, 0.3) is 0 Å². The summed E-state index contributed by atoms with van der Waals surface area (Å²) in [5.74, 6) is -0.482. The van der Waals surface area contributed by atoms with Crippen LogP contribution >= 0.6 is 0 Å². The van der Waals surface area contributed by atoms with Crippen molar-refractivity contribution in [2.24, 2.45) is 23.7 Å². The van der Waals surface area contributed by atoms with Crippen LogP contribution in [0.1, 0.15) is 59.8 Å². The molecule has 2 fully saturated rings. The summed E-state index contributed by atoms with van der Waals surface area (Å²) in [5, 5.41) is 3.15. The molecule has 2 heterocycles. The van der Waals surface area contributed by atoms with Crippen molar-refractivity contribution in [2.45, 2.75) is 71.9 Å². The molecule has 0 bridgehead atoms. The van der Waals surface area contributed by atoms with Gasteiger partial charge in [-0.2, -0.15) is 0 Å². The molecule has 2 saturated heterocycles. The molecule has 0 aromatic rings. The van der Waals surface area contributed by atoms with Gasteiger partial charge >= 0.3 is 0 Å². The Balaban J connectivity index is 1.73. The first-order valence-corrected chi connectivity index (χ1v) is 12.5. The van der Waals surface area contributed by atoms with Crippen LogP contribution in [0.5, 0.6) is 0 Å². The number of morpholine rings is 1. The Kier molecular flexibility index (Phi) is 8.88. The lowest BCUT2D eigenvalue weighted by Crippen LogP contribution is -2.55. The molecule has 0 aromatic carbocycles. The van der Waals surface area contributed by atoms with Crippen molar-refractivity contribution >= 4 is 17.7 Å². The predicted octanol–water partition coefficient (Wildman–Crippen LogP) is 2.61. The lowest BCUT2D eigenvalue weighted by molar-refractivity contribution is -0.148. The van der Waals surface area contributed by atoms with Gasteiger partial charge in [-0.25, -0.2) is 0 Å². The summed E-state index contributed by atoms with van der Waals surface area (Å²) < 4.78 is 5.53. The zero-order valence-corrected chi connectivity index (χ0v) is 20.2. The van der Waals surface area contributed by atoms with E-state index in [0.29, 0.717) is 44.9 Å².